The largest absolute Gasteiger partial charge is 0.273 e. The van der Waals surface area contributed by atoms with Crippen molar-refractivity contribution in [3.8, 4) is 0 Å². The standard InChI is InChI=1S/C16H12N4O5S/c1-10-15(21)18(12-5-3-7-14(9-12)20(24)25)16(26-10)17-11-4-2-6-13(8-11)19(22)23/h2-10H,1H3. The van der Waals surface area contributed by atoms with Crippen LogP contribution in [0.15, 0.2) is 53.5 Å². The molecular formula is C16H12N4O5S. The first-order valence-electron chi connectivity index (χ1n) is 7.45. The van der Waals surface area contributed by atoms with E-state index in [1.165, 1.54) is 53.1 Å². The molecule has 1 aliphatic heterocycles. The highest BCUT2D eigenvalue weighted by atomic mass is 32.2. The maximum absolute atomic E-state index is 12.5. The molecule has 0 aliphatic carbocycles. The average Bonchev–Trinajstić information content (AvgIpc) is 2.89. The number of anilines is 1. The summed E-state index contributed by atoms with van der Waals surface area (Å²) < 4.78 is 0. The van der Waals surface area contributed by atoms with E-state index in [9.17, 15) is 25.0 Å². The Labute approximate surface area is 151 Å². The van der Waals surface area contributed by atoms with Gasteiger partial charge in [0.15, 0.2) is 5.17 Å². The number of thioether (sulfide) groups is 1. The molecular weight excluding hydrogens is 360 g/mol. The van der Waals surface area contributed by atoms with Gasteiger partial charge < -0.3 is 0 Å². The van der Waals surface area contributed by atoms with E-state index in [-0.39, 0.29) is 17.3 Å². The highest BCUT2D eigenvalue weighted by Crippen LogP contribution is 2.35. The molecule has 0 bridgehead atoms. The molecule has 0 spiro atoms. The molecule has 9 nitrogen and oxygen atoms in total. The van der Waals surface area contributed by atoms with Crippen LogP contribution in [0.1, 0.15) is 6.92 Å². The third kappa shape index (κ3) is 3.40. The first-order valence-corrected chi connectivity index (χ1v) is 8.33. The van der Waals surface area contributed by atoms with Crippen LogP contribution in [0, 0.1) is 20.2 Å². The summed E-state index contributed by atoms with van der Waals surface area (Å²) in [5.41, 5.74) is 0.384. The zero-order valence-electron chi connectivity index (χ0n) is 13.4. The lowest BCUT2D eigenvalue weighted by atomic mass is 10.2. The lowest BCUT2D eigenvalue weighted by molar-refractivity contribution is -0.385. The first-order chi connectivity index (χ1) is 12.4. The molecule has 10 heteroatoms. The van der Waals surface area contributed by atoms with Crippen molar-refractivity contribution in [3.05, 3.63) is 68.8 Å². The van der Waals surface area contributed by atoms with Crippen molar-refractivity contribution in [2.75, 3.05) is 4.90 Å². The maximum atomic E-state index is 12.5. The zero-order chi connectivity index (χ0) is 18.8. The van der Waals surface area contributed by atoms with Crippen molar-refractivity contribution in [1.29, 1.82) is 0 Å². The summed E-state index contributed by atoms with van der Waals surface area (Å²) in [6.07, 6.45) is 0. The number of non-ortho nitro benzene ring substituents is 2. The predicted octanol–water partition coefficient (Wildman–Crippen LogP) is 3.66. The van der Waals surface area contributed by atoms with Gasteiger partial charge in [0.2, 0.25) is 5.91 Å². The lowest BCUT2D eigenvalue weighted by Gasteiger charge is -2.16. The summed E-state index contributed by atoms with van der Waals surface area (Å²) in [5, 5.41) is 21.8. The number of amides is 1. The van der Waals surface area contributed by atoms with E-state index in [4.69, 9.17) is 0 Å². The average molecular weight is 372 g/mol. The second kappa shape index (κ2) is 6.92. The van der Waals surface area contributed by atoms with Gasteiger partial charge in [0.25, 0.3) is 11.4 Å². The fourth-order valence-corrected chi connectivity index (χ4v) is 3.36. The van der Waals surface area contributed by atoms with Gasteiger partial charge in [0, 0.05) is 24.3 Å². The smallest absolute Gasteiger partial charge is 0.271 e. The van der Waals surface area contributed by atoms with Gasteiger partial charge in [-0.1, -0.05) is 23.9 Å². The van der Waals surface area contributed by atoms with Crippen LogP contribution in [0.25, 0.3) is 0 Å². The summed E-state index contributed by atoms with van der Waals surface area (Å²) in [5.74, 6) is -0.264. The second-order valence-corrected chi connectivity index (χ2v) is 6.69. The fraction of sp³-hybridized carbons (Fsp3) is 0.125. The van der Waals surface area contributed by atoms with E-state index in [0.29, 0.717) is 16.5 Å². The fourth-order valence-electron chi connectivity index (χ4n) is 2.38. The number of hydrogen-bond acceptors (Lipinski definition) is 7. The summed E-state index contributed by atoms with van der Waals surface area (Å²) in [6, 6.07) is 11.4. The van der Waals surface area contributed by atoms with Crippen LogP contribution in [-0.2, 0) is 4.79 Å². The minimum absolute atomic E-state index is 0.115. The van der Waals surface area contributed by atoms with Crippen LogP contribution in [0.5, 0.6) is 0 Å². The van der Waals surface area contributed by atoms with Gasteiger partial charge >= 0.3 is 0 Å². The number of nitrogens with zero attached hydrogens (tertiary/aromatic N) is 4. The van der Waals surface area contributed by atoms with Gasteiger partial charge in [-0.2, -0.15) is 0 Å². The van der Waals surface area contributed by atoms with Crippen molar-refractivity contribution >= 4 is 45.6 Å². The van der Waals surface area contributed by atoms with E-state index in [1.54, 1.807) is 19.1 Å². The van der Waals surface area contributed by atoms with Gasteiger partial charge in [-0.3, -0.25) is 29.9 Å². The third-order valence-electron chi connectivity index (χ3n) is 3.61. The maximum Gasteiger partial charge on any atom is 0.271 e. The molecule has 2 aromatic carbocycles. The molecule has 1 amide bonds. The first kappa shape index (κ1) is 17.5. The molecule has 1 unspecified atom stereocenters. The Hall–Kier alpha value is -3.27. The quantitative estimate of drug-likeness (QED) is 0.597. The van der Waals surface area contributed by atoms with Crippen LogP contribution in [0.2, 0.25) is 0 Å². The number of rotatable bonds is 4. The number of carbonyl (C=O) groups excluding carboxylic acids is 1. The van der Waals surface area contributed by atoms with Crippen LogP contribution < -0.4 is 4.90 Å². The number of nitro groups is 2. The SMILES string of the molecule is CC1SC(=Nc2cccc([N+](=O)[O-])c2)N(c2cccc([N+](=O)[O-])c2)C1=O. The molecule has 1 saturated heterocycles. The van der Waals surface area contributed by atoms with E-state index in [0.717, 1.165) is 0 Å². The normalized spacial score (nSPS) is 18.3. The van der Waals surface area contributed by atoms with Gasteiger partial charge in [-0.25, -0.2) is 4.99 Å². The van der Waals surface area contributed by atoms with Crippen LogP contribution in [0.4, 0.5) is 22.7 Å². The lowest BCUT2D eigenvalue weighted by Crippen LogP contribution is -2.31. The number of nitro benzene ring substituents is 2. The summed E-state index contributed by atoms with van der Waals surface area (Å²) >= 11 is 1.19. The molecule has 3 rings (SSSR count). The monoisotopic (exact) mass is 372 g/mol. The molecule has 1 heterocycles. The molecule has 26 heavy (non-hydrogen) atoms. The Balaban J connectivity index is 2.04. The molecule has 1 fully saturated rings. The Bertz CT molecular complexity index is 946. The molecule has 1 atom stereocenters. The summed E-state index contributed by atoms with van der Waals surface area (Å²) in [7, 11) is 0. The van der Waals surface area contributed by atoms with Crippen LogP contribution in [0.3, 0.4) is 0 Å². The van der Waals surface area contributed by atoms with Crippen LogP contribution in [-0.4, -0.2) is 26.2 Å². The number of carbonyl (C=O) groups is 1. The topological polar surface area (TPSA) is 119 Å². The predicted molar refractivity (Wildman–Crippen MR) is 97.8 cm³/mol. The molecule has 0 aromatic heterocycles. The highest BCUT2D eigenvalue weighted by Gasteiger charge is 2.36. The van der Waals surface area contributed by atoms with Crippen molar-refractivity contribution in [3.63, 3.8) is 0 Å². The third-order valence-corrected chi connectivity index (χ3v) is 4.65. The van der Waals surface area contributed by atoms with E-state index in [2.05, 4.69) is 4.99 Å². The van der Waals surface area contributed by atoms with Crippen molar-refractivity contribution < 1.29 is 14.6 Å². The highest BCUT2D eigenvalue weighted by molar-refractivity contribution is 8.16. The minimum atomic E-state index is -0.544. The van der Waals surface area contributed by atoms with Gasteiger partial charge in [0.1, 0.15) is 0 Å². The summed E-state index contributed by atoms with van der Waals surface area (Å²) in [4.78, 5) is 39.0. The second-order valence-electron chi connectivity index (χ2n) is 5.38. The van der Waals surface area contributed by atoms with Gasteiger partial charge in [-0.15, -0.1) is 0 Å². The van der Waals surface area contributed by atoms with Gasteiger partial charge in [-0.05, 0) is 19.1 Å². The van der Waals surface area contributed by atoms with Crippen molar-refractivity contribution in [2.24, 2.45) is 4.99 Å². The molecule has 1 aliphatic rings. The minimum Gasteiger partial charge on any atom is -0.273 e. The zero-order valence-corrected chi connectivity index (χ0v) is 14.3. The number of benzene rings is 2. The molecule has 0 saturated carbocycles. The molecule has 0 radical (unpaired) electrons. The Morgan fingerprint density at radius 3 is 2.31 bits per heavy atom. The number of hydrogen-bond donors (Lipinski definition) is 0. The van der Waals surface area contributed by atoms with E-state index < -0.39 is 15.1 Å². The van der Waals surface area contributed by atoms with Crippen molar-refractivity contribution in [2.45, 2.75) is 12.2 Å². The van der Waals surface area contributed by atoms with E-state index >= 15 is 0 Å². The molecule has 0 N–H and O–H groups in total. The summed E-state index contributed by atoms with van der Waals surface area (Å²) in [6.45, 7) is 1.70. The van der Waals surface area contributed by atoms with Crippen LogP contribution >= 0.6 is 11.8 Å². The number of aliphatic imine (C=N–C) groups is 1. The molecule has 132 valence electrons. The molecule has 2 aromatic rings. The Kier molecular flexibility index (Phi) is 4.67. The van der Waals surface area contributed by atoms with Crippen molar-refractivity contribution in [1.82, 2.24) is 0 Å². The van der Waals surface area contributed by atoms with E-state index in [1.807, 2.05) is 0 Å². The van der Waals surface area contributed by atoms with Gasteiger partial charge in [0.05, 0.1) is 26.5 Å². The Morgan fingerprint density at radius 1 is 1.04 bits per heavy atom. The number of amidine groups is 1. The Morgan fingerprint density at radius 2 is 1.65 bits per heavy atom.